The van der Waals surface area contributed by atoms with E-state index in [0.717, 1.165) is 24.3 Å². The summed E-state index contributed by atoms with van der Waals surface area (Å²) in [7, 11) is -3.84. The lowest BCUT2D eigenvalue weighted by molar-refractivity contribution is 0.0747. The Morgan fingerprint density at radius 3 is 1.95 bits per heavy atom. The second kappa shape index (κ2) is 11.1. The summed E-state index contributed by atoms with van der Waals surface area (Å²) in [6.07, 6.45) is 0. The van der Waals surface area contributed by atoms with E-state index in [1.165, 1.54) is 4.31 Å². The van der Waals surface area contributed by atoms with Crippen LogP contribution in [0, 0.1) is 6.92 Å². The zero-order valence-electron chi connectivity index (χ0n) is 21.4. The van der Waals surface area contributed by atoms with E-state index in [4.69, 9.17) is 0 Å². The van der Waals surface area contributed by atoms with E-state index in [-0.39, 0.29) is 17.3 Å². The molecule has 0 radical (unpaired) electrons. The molecule has 194 valence electrons. The SMILES string of the molecule is Cc1ccccc1S(=O)(=O)N(Cc1ccccc1)c1ccc(C(=O)N2CCN(c3ccccc3)CC2)cc1. The molecule has 0 bridgehead atoms. The van der Waals surface area contributed by atoms with Gasteiger partial charge in [0.05, 0.1) is 17.1 Å². The second-order valence-corrected chi connectivity index (χ2v) is 11.3. The second-order valence-electron chi connectivity index (χ2n) is 9.42. The van der Waals surface area contributed by atoms with Crippen molar-refractivity contribution in [2.75, 3.05) is 35.4 Å². The van der Waals surface area contributed by atoms with Crippen LogP contribution in [0.3, 0.4) is 0 Å². The van der Waals surface area contributed by atoms with Crippen molar-refractivity contribution in [2.24, 2.45) is 0 Å². The zero-order valence-corrected chi connectivity index (χ0v) is 22.2. The van der Waals surface area contributed by atoms with Crippen LogP contribution in [0.1, 0.15) is 21.5 Å². The maximum Gasteiger partial charge on any atom is 0.264 e. The molecule has 6 nitrogen and oxygen atoms in total. The van der Waals surface area contributed by atoms with Crippen LogP contribution in [0.2, 0.25) is 0 Å². The molecule has 0 N–H and O–H groups in total. The average molecular weight is 526 g/mol. The van der Waals surface area contributed by atoms with Crippen LogP contribution in [0.5, 0.6) is 0 Å². The minimum Gasteiger partial charge on any atom is -0.368 e. The first-order valence-corrected chi connectivity index (χ1v) is 14.2. The molecule has 1 amide bonds. The van der Waals surface area contributed by atoms with Crippen molar-refractivity contribution in [1.29, 1.82) is 0 Å². The van der Waals surface area contributed by atoms with Crippen molar-refractivity contribution in [3.8, 4) is 0 Å². The van der Waals surface area contributed by atoms with Gasteiger partial charge in [0.2, 0.25) is 0 Å². The van der Waals surface area contributed by atoms with Crippen LogP contribution in [0.15, 0.2) is 114 Å². The fourth-order valence-corrected chi connectivity index (χ4v) is 6.47. The third kappa shape index (κ3) is 5.43. The molecule has 1 aliphatic heterocycles. The first-order valence-electron chi connectivity index (χ1n) is 12.7. The van der Waals surface area contributed by atoms with Gasteiger partial charge >= 0.3 is 0 Å². The molecule has 0 aliphatic carbocycles. The number of rotatable bonds is 7. The molecule has 5 rings (SSSR count). The lowest BCUT2D eigenvalue weighted by Gasteiger charge is -2.36. The fraction of sp³-hybridized carbons (Fsp3) is 0.194. The quantitative estimate of drug-likeness (QED) is 0.326. The Labute approximate surface area is 224 Å². The van der Waals surface area contributed by atoms with Crippen molar-refractivity contribution >= 4 is 27.3 Å². The van der Waals surface area contributed by atoms with E-state index in [2.05, 4.69) is 17.0 Å². The molecule has 4 aromatic rings. The van der Waals surface area contributed by atoms with Gasteiger partial charge in [-0.25, -0.2) is 8.42 Å². The Hall–Kier alpha value is -4.10. The third-order valence-corrected chi connectivity index (χ3v) is 8.86. The smallest absolute Gasteiger partial charge is 0.264 e. The molecule has 0 saturated carbocycles. The molecule has 0 spiro atoms. The monoisotopic (exact) mass is 525 g/mol. The van der Waals surface area contributed by atoms with Crippen LogP contribution >= 0.6 is 0 Å². The molecule has 1 heterocycles. The molecule has 0 unspecified atom stereocenters. The predicted molar refractivity (Wildman–Crippen MR) is 152 cm³/mol. The summed E-state index contributed by atoms with van der Waals surface area (Å²) in [5, 5.41) is 0. The summed E-state index contributed by atoms with van der Waals surface area (Å²) in [6, 6.07) is 33.6. The minimum atomic E-state index is -3.84. The standard InChI is InChI=1S/C31H31N3O3S/c1-25-10-8-9-15-30(25)38(36,37)34(24-26-11-4-2-5-12-26)29-18-16-27(17-19-29)31(35)33-22-20-32(21-23-33)28-13-6-3-7-14-28/h2-19H,20-24H2,1H3. The van der Waals surface area contributed by atoms with Gasteiger partial charge < -0.3 is 9.80 Å². The molecule has 1 fully saturated rings. The summed E-state index contributed by atoms with van der Waals surface area (Å²) in [4.78, 5) is 17.7. The fourth-order valence-electron chi connectivity index (χ4n) is 4.79. The van der Waals surface area contributed by atoms with Gasteiger partial charge in [0, 0.05) is 37.4 Å². The zero-order chi connectivity index (χ0) is 26.5. The number of hydrogen-bond donors (Lipinski definition) is 0. The van der Waals surface area contributed by atoms with E-state index < -0.39 is 10.0 Å². The molecular weight excluding hydrogens is 494 g/mol. The maximum atomic E-state index is 13.8. The first-order chi connectivity index (χ1) is 18.4. The molecule has 1 saturated heterocycles. The van der Waals surface area contributed by atoms with Gasteiger partial charge in [-0.3, -0.25) is 9.10 Å². The Morgan fingerprint density at radius 1 is 0.737 bits per heavy atom. The minimum absolute atomic E-state index is 0.0411. The Morgan fingerprint density at radius 2 is 1.32 bits per heavy atom. The summed E-state index contributed by atoms with van der Waals surface area (Å²) < 4.78 is 29.1. The van der Waals surface area contributed by atoms with Crippen molar-refractivity contribution in [3.05, 3.63) is 126 Å². The third-order valence-electron chi connectivity index (χ3n) is 6.92. The highest BCUT2D eigenvalue weighted by Crippen LogP contribution is 2.28. The largest absolute Gasteiger partial charge is 0.368 e. The highest BCUT2D eigenvalue weighted by Gasteiger charge is 2.27. The van der Waals surface area contributed by atoms with Gasteiger partial charge in [-0.15, -0.1) is 0 Å². The van der Waals surface area contributed by atoms with E-state index in [1.54, 1.807) is 49.4 Å². The van der Waals surface area contributed by atoms with Crippen LogP contribution in [0.4, 0.5) is 11.4 Å². The number of piperazine rings is 1. The average Bonchev–Trinajstić information content (AvgIpc) is 2.97. The molecule has 0 atom stereocenters. The number of carbonyl (C=O) groups is 1. The molecule has 4 aromatic carbocycles. The van der Waals surface area contributed by atoms with Crippen LogP contribution < -0.4 is 9.21 Å². The van der Waals surface area contributed by atoms with Gasteiger partial charge in [-0.05, 0) is 60.5 Å². The normalized spacial score (nSPS) is 13.8. The number of amides is 1. The molecular formula is C31H31N3O3S. The number of carbonyl (C=O) groups excluding carboxylic acids is 1. The van der Waals surface area contributed by atoms with Gasteiger partial charge in [0.15, 0.2) is 0 Å². The van der Waals surface area contributed by atoms with Gasteiger partial charge in [-0.2, -0.15) is 0 Å². The lowest BCUT2D eigenvalue weighted by atomic mass is 10.1. The van der Waals surface area contributed by atoms with Crippen molar-refractivity contribution in [2.45, 2.75) is 18.4 Å². The van der Waals surface area contributed by atoms with E-state index in [0.29, 0.717) is 29.9 Å². The van der Waals surface area contributed by atoms with Gasteiger partial charge in [0.1, 0.15) is 0 Å². The van der Waals surface area contributed by atoms with E-state index in [1.807, 2.05) is 59.5 Å². The number of benzene rings is 4. The maximum absolute atomic E-state index is 13.8. The highest BCUT2D eigenvalue weighted by molar-refractivity contribution is 7.92. The highest BCUT2D eigenvalue weighted by atomic mass is 32.2. The number of nitrogens with zero attached hydrogens (tertiary/aromatic N) is 3. The van der Waals surface area contributed by atoms with Crippen LogP contribution in [-0.4, -0.2) is 45.4 Å². The van der Waals surface area contributed by atoms with Crippen LogP contribution in [0.25, 0.3) is 0 Å². The van der Waals surface area contributed by atoms with Crippen molar-refractivity contribution in [1.82, 2.24) is 4.90 Å². The number of sulfonamides is 1. The Bertz CT molecular complexity index is 1480. The number of hydrogen-bond acceptors (Lipinski definition) is 4. The Kier molecular flexibility index (Phi) is 7.47. The lowest BCUT2D eigenvalue weighted by Crippen LogP contribution is -2.48. The van der Waals surface area contributed by atoms with Crippen molar-refractivity contribution in [3.63, 3.8) is 0 Å². The molecule has 0 aromatic heterocycles. The first kappa shape index (κ1) is 25.5. The van der Waals surface area contributed by atoms with Crippen LogP contribution in [-0.2, 0) is 16.6 Å². The summed E-state index contributed by atoms with van der Waals surface area (Å²) >= 11 is 0. The summed E-state index contributed by atoms with van der Waals surface area (Å²) in [6.45, 7) is 4.80. The van der Waals surface area contributed by atoms with Gasteiger partial charge in [0.25, 0.3) is 15.9 Å². The van der Waals surface area contributed by atoms with Crippen molar-refractivity contribution < 1.29 is 13.2 Å². The molecule has 38 heavy (non-hydrogen) atoms. The number of anilines is 2. The number of aryl methyl sites for hydroxylation is 1. The molecule has 7 heteroatoms. The predicted octanol–water partition coefficient (Wildman–Crippen LogP) is 5.35. The Balaban J connectivity index is 1.36. The molecule has 1 aliphatic rings. The van der Waals surface area contributed by atoms with E-state index >= 15 is 0 Å². The topological polar surface area (TPSA) is 60.9 Å². The summed E-state index contributed by atoms with van der Waals surface area (Å²) in [5.41, 5.74) is 3.79. The summed E-state index contributed by atoms with van der Waals surface area (Å²) in [5.74, 6) is -0.0411. The van der Waals surface area contributed by atoms with Gasteiger partial charge in [-0.1, -0.05) is 66.7 Å². The number of para-hydroxylation sites is 1. The van der Waals surface area contributed by atoms with E-state index in [9.17, 15) is 13.2 Å².